The summed E-state index contributed by atoms with van der Waals surface area (Å²) in [4.78, 5) is 37.4. The maximum atomic E-state index is 13.1. The molecule has 0 aliphatic carbocycles. The van der Waals surface area contributed by atoms with Gasteiger partial charge in [-0.15, -0.1) is 0 Å². The van der Waals surface area contributed by atoms with Crippen LogP contribution in [0.4, 0.5) is 9.18 Å². The Morgan fingerprint density at radius 2 is 1.61 bits per heavy atom. The van der Waals surface area contributed by atoms with Gasteiger partial charge in [-0.25, -0.2) is 9.18 Å². The molecule has 0 saturated carbocycles. The first-order chi connectivity index (χ1) is 14.8. The lowest BCUT2D eigenvalue weighted by Gasteiger charge is -2.23. The fraction of sp³-hybridized carbons (Fsp3) is 0.375. The Morgan fingerprint density at radius 1 is 0.968 bits per heavy atom. The predicted octanol–water partition coefficient (Wildman–Crippen LogP) is 4.07. The summed E-state index contributed by atoms with van der Waals surface area (Å²) in [6, 6.07) is 14.1. The van der Waals surface area contributed by atoms with E-state index in [1.807, 2.05) is 30.3 Å². The highest BCUT2D eigenvalue weighted by molar-refractivity contribution is 5.90. The highest BCUT2D eigenvalue weighted by atomic mass is 19.1. The van der Waals surface area contributed by atoms with Crippen LogP contribution >= 0.6 is 0 Å². The van der Waals surface area contributed by atoms with Crippen molar-refractivity contribution in [3.63, 3.8) is 0 Å². The molecule has 31 heavy (non-hydrogen) atoms. The molecule has 0 aliphatic rings. The molecule has 0 fully saturated rings. The van der Waals surface area contributed by atoms with Crippen molar-refractivity contribution in [2.45, 2.75) is 39.3 Å². The number of hydrogen-bond acceptors (Lipinski definition) is 5. The van der Waals surface area contributed by atoms with Crippen molar-refractivity contribution in [2.24, 2.45) is 11.8 Å². The minimum atomic E-state index is -0.816. The minimum Gasteiger partial charge on any atom is -0.469 e. The van der Waals surface area contributed by atoms with Crippen LogP contribution in [-0.4, -0.2) is 31.0 Å². The summed E-state index contributed by atoms with van der Waals surface area (Å²) in [5.74, 6) is -2.17. The standard InChI is InChI=1S/C24H28FNO5/c1-16(2)22(26-24(29)31-15-18-7-5-4-6-8-18)21(27)14-19(23(28)30-3)13-17-9-11-20(25)12-10-17/h4-12,16,19,22H,13-15H2,1-3H3,(H,26,29). The molecule has 2 aromatic carbocycles. The molecule has 2 rings (SSSR count). The number of halogens is 1. The van der Waals surface area contributed by atoms with E-state index in [-0.39, 0.29) is 37.0 Å². The van der Waals surface area contributed by atoms with Crippen molar-refractivity contribution in [3.8, 4) is 0 Å². The highest BCUT2D eigenvalue weighted by Gasteiger charge is 2.30. The SMILES string of the molecule is COC(=O)C(CC(=O)C(NC(=O)OCc1ccccc1)C(C)C)Cc1ccc(F)cc1. The number of carbonyl (C=O) groups is 3. The molecule has 2 aromatic rings. The molecular weight excluding hydrogens is 401 g/mol. The molecule has 0 radical (unpaired) electrons. The number of hydrogen-bond donors (Lipinski definition) is 1. The van der Waals surface area contributed by atoms with Crippen molar-refractivity contribution in [3.05, 3.63) is 71.5 Å². The first-order valence-corrected chi connectivity index (χ1v) is 10.1. The van der Waals surface area contributed by atoms with E-state index in [0.717, 1.165) is 5.56 Å². The molecule has 0 bridgehead atoms. The van der Waals surface area contributed by atoms with E-state index in [1.165, 1.54) is 19.2 Å². The highest BCUT2D eigenvalue weighted by Crippen LogP contribution is 2.18. The van der Waals surface area contributed by atoms with Gasteiger partial charge in [0, 0.05) is 6.42 Å². The monoisotopic (exact) mass is 429 g/mol. The number of amides is 1. The van der Waals surface area contributed by atoms with E-state index in [4.69, 9.17) is 9.47 Å². The van der Waals surface area contributed by atoms with E-state index in [2.05, 4.69) is 5.32 Å². The second-order valence-corrected chi connectivity index (χ2v) is 7.65. The van der Waals surface area contributed by atoms with Gasteiger partial charge in [0.1, 0.15) is 12.4 Å². The summed E-state index contributed by atoms with van der Waals surface area (Å²) in [6.07, 6.45) is -0.600. The zero-order chi connectivity index (χ0) is 22.8. The molecule has 6 nitrogen and oxygen atoms in total. The zero-order valence-electron chi connectivity index (χ0n) is 18.0. The van der Waals surface area contributed by atoms with Crippen molar-refractivity contribution >= 4 is 17.8 Å². The van der Waals surface area contributed by atoms with Crippen LogP contribution in [0.1, 0.15) is 31.4 Å². The molecule has 0 saturated heterocycles. The first-order valence-electron chi connectivity index (χ1n) is 10.1. The Balaban J connectivity index is 2.00. The van der Waals surface area contributed by atoms with Gasteiger partial charge in [0.25, 0.3) is 0 Å². The summed E-state index contributed by atoms with van der Waals surface area (Å²) in [5, 5.41) is 2.61. The van der Waals surface area contributed by atoms with Crippen LogP contribution in [0.5, 0.6) is 0 Å². The maximum Gasteiger partial charge on any atom is 0.408 e. The van der Waals surface area contributed by atoms with E-state index in [1.54, 1.807) is 26.0 Å². The molecule has 2 unspecified atom stereocenters. The molecule has 0 spiro atoms. The fourth-order valence-corrected chi connectivity index (χ4v) is 3.19. The molecular formula is C24H28FNO5. The number of ether oxygens (including phenoxy) is 2. The number of carbonyl (C=O) groups excluding carboxylic acids is 3. The summed E-state index contributed by atoms with van der Waals surface area (Å²) in [5.41, 5.74) is 1.54. The number of Topliss-reactive ketones (excluding diaryl/α,β-unsaturated/α-hetero) is 1. The smallest absolute Gasteiger partial charge is 0.408 e. The third kappa shape index (κ3) is 7.85. The fourth-order valence-electron chi connectivity index (χ4n) is 3.19. The molecule has 7 heteroatoms. The van der Waals surface area contributed by atoms with Gasteiger partial charge in [0.05, 0.1) is 19.1 Å². The summed E-state index contributed by atoms with van der Waals surface area (Å²) < 4.78 is 23.2. The number of methoxy groups -OCH3 is 1. The number of benzene rings is 2. The van der Waals surface area contributed by atoms with Crippen molar-refractivity contribution in [2.75, 3.05) is 7.11 Å². The van der Waals surface area contributed by atoms with Crippen LogP contribution in [0, 0.1) is 17.7 Å². The Hall–Kier alpha value is -3.22. The Labute approximate surface area is 181 Å². The van der Waals surface area contributed by atoms with Crippen LogP contribution in [0.2, 0.25) is 0 Å². The van der Waals surface area contributed by atoms with Gasteiger partial charge in [0.15, 0.2) is 5.78 Å². The van der Waals surface area contributed by atoms with E-state index < -0.39 is 24.0 Å². The quantitative estimate of drug-likeness (QED) is 0.576. The van der Waals surface area contributed by atoms with E-state index >= 15 is 0 Å². The number of alkyl carbamates (subject to hydrolysis) is 1. The number of rotatable bonds is 10. The molecule has 0 aromatic heterocycles. The lowest BCUT2D eigenvalue weighted by atomic mass is 9.89. The van der Waals surface area contributed by atoms with Gasteiger partial charge >= 0.3 is 12.1 Å². The largest absolute Gasteiger partial charge is 0.469 e. The number of nitrogens with one attached hydrogen (secondary N) is 1. The van der Waals surface area contributed by atoms with Crippen LogP contribution in [0.3, 0.4) is 0 Å². The van der Waals surface area contributed by atoms with Gasteiger partial charge in [-0.05, 0) is 35.6 Å². The normalized spacial score (nSPS) is 12.7. The Morgan fingerprint density at radius 3 is 2.19 bits per heavy atom. The summed E-state index contributed by atoms with van der Waals surface area (Å²) in [7, 11) is 1.25. The van der Waals surface area contributed by atoms with Gasteiger partial charge < -0.3 is 14.8 Å². The van der Waals surface area contributed by atoms with Crippen LogP contribution in [0.25, 0.3) is 0 Å². The van der Waals surface area contributed by atoms with Crippen LogP contribution < -0.4 is 5.32 Å². The Bertz CT molecular complexity index is 867. The third-order valence-corrected chi connectivity index (χ3v) is 4.88. The average Bonchev–Trinajstić information content (AvgIpc) is 2.76. The van der Waals surface area contributed by atoms with Crippen molar-refractivity contribution in [1.82, 2.24) is 5.32 Å². The van der Waals surface area contributed by atoms with Gasteiger partial charge in [-0.2, -0.15) is 0 Å². The minimum absolute atomic E-state index is 0.0844. The van der Waals surface area contributed by atoms with Crippen LogP contribution in [-0.2, 0) is 32.1 Å². The molecule has 1 N–H and O–H groups in total. The van der Waals surface area contributed by atoms with Crippen molar-refractivity contribution < 1.29 is 28.2 Å². The number of esters is 1. The second-order valence-electron chi connectivity index (χ2n) is 7.65. The van der Waals surface area contributed by atoms with E-state index in [0.29, 0.717) is 5.56 Å². The molecule has 2 atom stereocenters. The first kappa shape index (κ1) is 24.1. The predicted molar refractivity (Wildman–Crippen MR) is 114 cm³/mol. The third-order valence-electron chi connectivity index (χ3n) is 4.88. The van der Waals surface area contributed by atoms with Gasteiger partial charge in [0.2, 0.25) is 0 Å². The van der Waals surface area contributed by atoms with Gasteiger partial charge in [-0.1, -0.05) is 56.3 Å². The topological polar surface area (TPSA) is 81.7 Å². The number of ketones is 1. The summed E-state index contributed by atoms with van der Waals surface area (Å²) >= 11 is 0. The molecule has 0 heterocycles. The van der Waals surface area contributed by atoms with Gasteiger partial charge in [-0.3, -0.25) is 9.59 Å². The maximum absolute atomic E-state index is 13.1. The van der Waals surface area contributed by atoms with Crippen LogP contribution in [0.15, 0.2) is 54.6 Å². The lowest BCUT2D eigenvalue weighted by molar-refractivity contribution is -0.147. The van der Waals surface area contributed by atoms with E-state index in [9.17, 15) is 18.8 Å². The second kappa shape index (κ2) is 11.8. The lowest BCUT2D eigenvalue weighted by Crippen LogP contribution is -2.45. The molecule has 0 aliphatic heterocycles. The summed E-state index contributed by atoms with van der Waals surface area (Å²) in [6.45, 7) is 3.68. The average molecular weight is 429 g/mol. The molecule has 166 valence electrons. The molecule has 1 amide bonds. The van der Waals surface area contributed by atoms with Crippen molar-refractivity contribution in [1.29, 1.82) is 0 Å². The zero-order valence-corrected chi connectivity index (χ0v) is 18.0. The Kier molecular flexibility index (Phi) is 9.18.